The molecule has 0 amide bonds. The monoisotopic (exact) mass is 213 g/mol. The molecule has 0 aliphatic carbocycles. The molecular formula is C10H13O3S-. The van der Waals surface area contributed by atoms with Crippen LogP contribution >= 0.6 is 0 Å². The van der Waals surface area contributed by atoms with Gasteiger partial charge in [-0.15, -0.1) is 0 Å². The molecule has 0 aromatic heterocycles. The first-order chi connectivity index (χ1) is 6.41. The lowest BCUT2D eigenvalue weighted by Crippen LogP contribution is -2.13. The Kier molecular flexibility index (Phi) is 3.29. The van der Waals surface area contributed by atoms with Gasteiger partial charge in [0.1, 0.15) is 17.1 Å². The van der Waals surface area contributed by atoms with Crippen LogP contribution in [0.1, 0.15) is 26.3 Å². The second-order valence-corrected chi connectivity index (χ2v) is 4.61. The van der Waals surface area contributed by atoms with Crippen molar-refractivity contribution in [1.29, 1.82) is 0 Å². The van der Waals surface area contributed by atoms with Crippen LogP contribution in [-0.2, 0) is 16.8 Å². The van der Waals surface area contributed by atoms with Gasteiger partial charge in [0.05, 0.1) is 0 Å². The van der Waals surface area contributed by atoms with Crippen LogP contribution in [0.25, 0.3) is 0 Å². The molecule has 0 radical (unpaired) electrons. The van der Waals surface area contributed by atoms with Crippen LogP contribution in [0, 0.1) is 0 Å². The molecule has 0 aliphatic heterocycles. The third-order valence-electron chi connectivity index (χ3n) is 1.85. The molecule has 0 spiro atoms. The summed E-state index contributed by atoms with van der Waals surface area (Å²) in [5.41, 5.74) is 0.750. The summed E-state index contributed by atoms with van der Waals surface area (Å²) >= 11 is -2.51. The minimum Gasteiger partial charge on any atom is -0.740 e. The molecule has 0 N–H and O–H groups in total. The molecule has 3 nitrogen and oxygen atoms in total. The third kappa shape index (κ3) is 2.82. The van der Waals surface area contributed by atoms with Gasteiger partial charge in [-0.3, -0.25) is 0 Å². The molecule has 0 bridgehead atoms. The van der Waals surface area contributed by atoms with Crippen molar-refractivity contribution in [1.82, 2.24) is 0 Å². The van der Waals surface area contributed by atoms with Crippen molar-refractivity contribution in [3.05, 3.63) is 29.8 Å². The molecule has 1 atom stereocenters. The largest absolute Gasteiger partial charge is 0.740 e. The average Bonchev–Trinajstić information content (AvgIpc) is 2.01. The van der Waals surface area contributed by atoms with Gasteiger partial charge in [0, 0.05) is 5.56 Å². The zero-order valence-electron chi connectivity index (χ0n) is 8.44. The molecule has 0 fully saturated rings. The standard InChI is InChI=1S/C10H14O3S/c1-10(2,3)8-6-4-5-7-9(8)13-14(11)12/h4-7H,1-3H3,(H,11,12)/p-1. The zero-order chi connectivity index (χ0) is 10.8. The van der Waals surface area contributed by atoms with Crippen molar-refractivity contribution in [2.75, 3.05) is 0 Å². The molecule has 1 rings (SSSR count). The van der Waals surface area contributed by atoms with E-state index in [0.717, 1.165) is 5.56 Å². The van der Waals surface area contributed by atoms with Crippen molar-refractivity contribution in [3.63, 3.8) is 0 Å². The molecule has 0 saturated carbocycles. The van der Waals surface area contributed by atoms with E-state index in [1.807, 2.05) is 32.9 Å². The number of hydrogen-bond donors (Lipinski definition) is 0. The molecule has 4 heteroatoms. The summed E-state index contributed by atoms with van der Waals surface area (Å²) < 4.78 is 25.5. The quantitative estimate of drug-likeness (QED) is 0.707. The summed E-state index contributed by atoms with van der Waals surface area (Å²) in [6.07, 6.45) is 0. The SMILES string of the molecule is CC(C)(C)c1ccccc1OS(=O)[O-]. The predicted octanol–water partition coefficient (Wildman–Crippen LogP) is 2.16. The fraction of sp³-hybridized carbons (Fsp3) is 0.400. The second kappa shape index (κ2) is 4.11. The zero-order valence-corrected chi connectivity index (χ0v) is 9.26. The maximum Gasteiger partial charge on any atom is 0.142 e. The number of benzene rings is 1. The number of hydrogen-bond acceptors (Lipinski definition) is 3. The Labute approximate surface area is 86.6 Å². The Bertz CT molecular complexity index is 341. The first-order valence-corrected chi connectivity index (χ1v) is 5.28. The lowest BCUT2D eigenvalue weighted by atomic mass is 9.86. The maximum atomic E-state index is 10.4. The first kappa shape index (κ1) is 11.2. The highest BCUT2D eigenvalue weighted by Gasteiger charge is 2.18. The maximum absolute atomic E-state index is 10.4. The normalized spacial score (nSPS) is 13.7. The number of para-hydroxylation sites is 1. The van der Waals surface area contributed by atoms with E-state index in [0.29, 0.717) is 5.75 Å². The van der Waals surface area contributed by atoms with E-state index in [1.165, 1.54) is 0 Å². The van der Waals surface area contributed by atoms with E-state index in [9.17, 15) is 8.76 Å². The van der Waals surface area contributed by atoms with E-state index in [2.05, 4.69) is 4.18 Å². The van der Waals surface area contributed by atoms with Crippen LogP contribution in [-0.4, -0.2) is 8.76 Å². The Balaban J connectivity index is 3.10. The van der Waals surface area contributed by atoms with Crippen LogP contribution in [0.2, 0.25) is 0 Å². The van der Waals surface area contributed by atoms with Crippen molar-refractivity contribution in [3.8, 4) is 5.75 Å². The molecular weight excluding hydrogens is 200 g/mol. The lowest BCUT2D eigenvalue weighted by Gasteiger charge is -2.22. The van der Waals surface area contributed by atoms with Crippen LogP contribution in [0.4, 0.5) is 0 Å². The summed E-state index contributed by atoms with van der Waals surface area (Å²) in [7, 11) is 0. The second-order valence-electron chi connectivity index (χ2n) is 4.03. The van der Waals surface area contributed by atoms with Gasteiger partial charge in [-0.1, -0.05) is 39.0 Å². The summed E-state index contributed by atoms with van der Waals surface area (Å²) in [6, 6.07) is 7.12. The molecule has 0 aliphatic rings. The van der Waals surface area contributed by atoms with Crippen LogP contribution in [0.5, 0.6) is 5.75 Å². The van der Waals surface area contributed by atoms with Crippen molar-refractivity contribution in [2.45, 2.75) is 26.2 Å². The number of rotatable bonds is 2. The highest BCUT2D eigenvalue weighted by molar-refractivity contribution is 7.74. The van der Waals surface area contributed by atoms with E-state index < -0.39 is 11.4 Å². The van der Waals surface area contributed by atoms with E-state index in [1.54, 1.807) is 12.1 Å². The summed E-state index contributed by atoms with van der Waals surface area (Å²) in [4.78, 5) is 0. The van der Waals surface area contributed by atoms with Crippen molar-refractivity contribution in [2.24, 2.45) is 0 Å². The van der Waals surface area contributed by atoms with Crippen LogP contribution in [0.3, 0.4) is 0 Å². The van der Waals surface area contributed by atoms with Gasteiger partial charge >= 0.3 is 0 Å². The average molecular weight is 213 g/mol. The third-order valence-corrected chi connectivity index (χ3v) is 2.17. The van der Waals surface area contributed by atoms with Crippen molar-refractivity contribution >= 4 is 11.4 Å². The summed E-state index contributed by atoms with van der Waals surface area (Å²) in [5, 5.41) is 0. The summed E-state index contributed by atoms with van der Waals surface area (Å²) in [6.45, 7) is 6.01. The first-order valence-electron chi connectivity index (χ1n) is 4.28. The Morgan fingerprint density at radius 3 is 2.36 bits per heavy atom. The molecule has 14 heavy (non-hydrogen) atoms. The van der Waals surface area contributed by atoms with Gasteiger partial charge in [0.15, 0.2) is 0 Å². The molecule has 78 valence electrons. The fourth-order valence-corrected chi connectivity index (χ4v) is 1.52. The van der Waals surface area contributed by atoms with Gasteiger partial charge in [0.25, 0.3) is 0 Å². The Morgan fingerprint density at radius 2 is 1.86 bits per heavy atom. The Hall–Kier alpha value is -0.870. The minimum absolute atomic E-state index is 0.129. The van der Waals surface area contributed by atoms with E-state index in [-0.39, 0.29) is 5.41 Å². The highest BCUT2D eigenvalue weighted by Crippen LogP contribution is 2.31. The molecule has 1 unspecified atom stereocenters. The van der Waals surface area contributed by atoms with E-state index >= 15 is 0 Å². The Morgan fingerprint density at radius 1 is 1.29 bits per heavy atom. The fourth-order valence-electron chi connectivity index (χ4n) is 1.23. The molecule has 0 heterocycles. The lowest BCUT2D eigenvalue weighted by molar-refractivity contribution is 0.431. The van der Waals surface area contributed by atoms with Crippen LogP contribution < -0.4 is 4.18 Å². The molecule has 1 aromatic carbocycles. The van der Waals surface area contributed by atoms with Gasteiger partial charge in [-0.05, 0) is 11.5 Å². The van der Waals surface area contributed by atoms with Gasteiger partial charge in [0.2, 0.25) is 0 Å². The highest BCUT2D eigenvalue weighted by atomic mass is 32.2. The van der Waals surface area contributed by atoms with Gasteiger partial charge in [-0.25, -0.2) is 4.21 Å². The topological polar surface area (TPSA) is 49.4 Å². The van der Waals surface area contributed by atoms with E-state index in [4.69, 9.17) is 0 Å². The van der Waals surface area contributed by atoms with Gasteiger partial charge < -0.3 is 8.74 Å². The van der Waals surface area contributed by atoms with Crippen LogP contribution in [0.15, 0.2) is 24.3 Å². The molecule has 0 saturated heterocycles. The smallest absolute Gasteiger partial charge is 0.142 e. The predicted molar refractivity (Wildman–Crippen MR) is 54.7 cm³/mol. The van der Waals surface area contributed by atoms with Crippen molar-refractivity contribution < 1.29 is 12.9 Å². The summed E-state index contributed by atoms with van der Waals surface area (Å²) in [5.74, 6) is 0.397. The minimum atomic E-state index is -2.51. The van der Waals surface area contributed by atoms with Gasteiger partial charge in [-0.2, -0.15) is 0 Å². The molecule has 1 aromatic rings.